The fraction of sp³-hybridized carbons (Fsp3) is 0.400. The number of hydrogen-bond acceptors (Lipinski definition) is 3. The highest BCUT2D eigenvalue weighted by Gasteiger charge is 2.25. The molecule has 0 aliphatic heterocycles. The topological polar surface area (TPSA) is 55.8 Å². The zero-order chi connectivity index (χ0) is 13.8. The van der Waals surface area contributed by atoms with E-state index in [2.05, 4.69) is 0 Å². The van der Waals surface area contributed by atoms with Crippen LogP contribution in [-0.2, 0) is 4.79 Å². The smallest absolute Gasteiger partial charge is 0.328 e. The first-order valence-electron chi connectivity index (χ1n) is 6.32. The van der Waals surface area contributed by atoms with Gasteiger partial charge in [-0.15, -0.1) is 0 Å². The van der Waals surface area contributed by atoms with Crippen LogP contribution in [0.3, 0.4) is 0 Å². The van der Waals surface area contributed by atoms with Crippen molar-refractivity contribution in [2.75, 3.05) is 14.2 Å². The molecule has 1 aliphatic rings. The number of rotatable bonds is 5. The van der Waals surface area contributed by atoms with Crippen molar-refractivity contribution in [1.29, 1.82) is 0 Å². The molecule has 1 aromatic rings. The molecule has 0 radical (unpaired) electrons. The Kier molecular flexibility index (Phi) is 4.10. The fourth-order valence-corrected chi connectivity index (χ4v) is 2.30. The summed E-state index contributed by atoms with van der Waals surface area (Å²) in [6.45, 7) is 0. The lowest BCUT2D eigenvalue weighted by atomic mass is 9.76. The summed E-state index contributed by atoms with van der Waals surface area (Å²) in [6, 6.07) is 5.47. The molecule has 0 atom stereocenters. The molecular weight excluding hydrogens is 244 g/mol. The lowest BCUT2D eigenvalue weighted by molar-refractivity contribution is -0.131. The van der Waals surface area contributed by atoms with Gasteiger partial charge in [0.05, 0.1) is 14.2 Å². The molecule has 19 heavy (non-hydrogen) atoms. The van der Waals surface area contributed by atoms with E-state index in [4.69, 9.17) is 14.6 Å². The van der Waals surface area contributed by atoms with Gasteiger partial charge in [-0.05, 0) is 36.5 Å². The number of ether oxygens (including phenoxy) is 2. The fourth-order valence-electron chi connectivity index (χ4n) is 2.30. The summed E-state index contributed by atoms with van der Waals surface area (Å²) < 4.78 is 10.5. The Morgan fingerprint density at radius 1 is 1.32 bits per heavy atom. The molecule has 4 nitrogen and oxygen atoms in total. The zero-order valence-electron chi connectivity index (χ0n) is 11.2. The van der Waals surface area contributed by atoms with E-state index in [9.17, 15) is 4.79 Å². The summed E-state index contributed by atoms with van der Waals surface area (Å²) >= 11 is 0. The van der Waals surface area contributed by atoms with Gasteiger partial charge in [0.2, 0.25) is 0 Å². The van der Waals surface area contributed by atoms with E-state index in [1.54, 1.807) is 20.3 Å². The minimum atomic E-state index is -0.917. The summed E-state index contributed by atoms with van der Waals surface area (Å²) in [7, 11) is 3.17. The van der Waals surface area contributed by atoms with Gasteiger partial charge in [0, 0.05) is 17.7 Å². The molecule has 1 N–H and O–H groups in total. The van der Waals surface area contributed by atoms with Gasteiger partial charge in [-0.2, -0.15) is 0 Å². The molecule has 0 aromatic heterocycles. The number of carboxylic acids is 1. The van der Waals surface area contributed by atoms with E-state index in [0.29, 0.717) is 17.4 Å². The van der Waals surface area contributed by atoms with E-state index in [1.807, 2.05) is 12.1 Å². The molecule has 102 valence electrons. The van der Waals surface area contributed by atoms with Crippen molar-refractivity contribution in [2.45, 2.75) is 19.3 Å². The van der Waals surface area contributed by atoms with Crippen LogP contribution < -0.4 is 9.47 Å². The monoisotopic (exact) mass is 262 g/mol. The molecule has 0 unspecified atom stereocenters. The van der Waals surface area contributed by atoms with Crippen molar-refractivity contribution in [2.24, 2.45) is 5.92 Å². The summed E-state index contributed by atoms with van der Waals surface area (Å²) in [6.07, 6.45) is 4.52. The number of carboxylic acid groups (broad SMARTS) is 1. The van der Waals surface area contributed by atoms with Crippen molar-refractivity contribution in [1.82, 2.24) is 0 Å². The summed E-state index contributed by atoms with van der Waals surface area (Å²) in [5.41, 5.74) is 1.69. The Balaban J connectivity index is 2.43. The summed E-state index contributed by atoms with van der Waals surface area (Å²) in [4.78, 5) is 11.0. The Morgan fingerprint density at radius 3 is 2.53 bits per heavy atom. The van der Waals surface area contributed by atoms with Gasteiger partial charge < -0.3 is 14.6 Å². The Hall–Kier alpha value is -1.97. The minimum Gasteiger partial charge on any atom is -0.497 e. The largest absolute Gasteiger partial charge is 0.497 e. The maximum absolute atomic E-state index is 11.0. The highest BCUT2D eigenvalue weighted by molar-refractivity contribution is 5.91. The van der Waals surface area contributed by atoms with E-state index >= 15 is 0 Å². The molecule has 1 saturated carbocycles. The van der Waals surface area contributed by atoms with Crippen LogP contribution in [0.1, 0.15) is 24.8 Å². The summed E-state index contributed by atoms with van der Waals surface area (Å²) in [5, 5.41) is 9.04. The molecule has 0 spiro atoms. The molecule has 1 aliphatic carbocycles. The lowest BCUT2D eigenvalue weighted by Gasteiger charge is -2.29. The second-order valence-corrected chi connectivity index (χ2v) is 4.63. The van der Waals surface area contributed by atoms with Crippen LogP contribution >= 0.6 is 0 Å². The first-order valence-corrected chi connectivity index (χ1v) is 6.32. The molecule has 0 amide bonds. The van der Waals surface area contributed by atoms with Gasteiger partial charge in [0.15, 0.2) is 0 Å². The van der Waals surface area contributed by atoms with Gasteiger partial charge in [-0.1, -0.05) is 6.42 Å². The first kappa shape index (κ1) is 13.5. The number of allylic oxidation sites excluding steroid dienone is 1. The second-order valence-electron chi connectivity index (χ2n) is 4.63. The van der Waals surface area contributed by atoms with E-state index in [0.717, 1.165) is 30.4 Å². The van der Waals surface area contributed by atoms with Gasteiger partial charge in [0.25, 0.3) is 0 Å². The van der Waals surface area contributed by atoms with Crippen molar-refractivity contribution < 1.29 is 19.4 Å². The van der Waals surface area contributed by atoms with Gasteiger partial charge in [-0.3, -0.25) is 0 Å². The van der Waals surface area contributed by atoms with Crippen LogP contribution in [0.2, 0.25) is 0 Å². The van der Waals surface area contributed by atoms with E-state index < -0.39 is 5.97 Å². The number of aliphatic carboxylic acids is 1. The highest BCUT2D eigenvalue weighted by Crippen LogP contribution is 2.42. The standard InChI is InChI=1S/C15H18O4/c1-18-11-6-7-12(14(8-11)19-2)13(9-15(16)17)10-4-3-5-10/h6-10H,3-5H2,1-2H3,(H,16,17)/b13-9+. The first-order chi connectivity index (χ1) is 9.15. The van der Waals surface area contributed by atoms with Crippen LogP contribution in [0, 0.1) is 5.92 Å². The van der Waals surface area contributed by atoms with Gasteiger partial charge in [-0.25, -0.2) is 4.79 Å². The predicted molar refractivity (Wildman–Crippen MR) is 72.5 cm³/mol. The maximum atomic E-state index is 11.0. The summed E-state index contributed by atoms with van der Waals surface area (Å²) in [5.74, 6) is 0.751. The predicted octanol–water partition coefficient (Wildman–Crippen LogP) is 2.97. The molecule has 0 saturated heterocycles. The number of methoxy groups -OCH3 is 2. The minimum absolute atomic E-state index is 0.318. The lowest BCUT2D eigenvalue weighted by Crippen LogP contribution is -2.14. The second kappa shape index (κ2) is 5.78. The third-order valence-electron chi connectivity index (χ3n) is 3.54. The third-order valence-corrected chi connectivity index (χ3v) is 3.54. The number of benzene rings is 1. The van der Waals surface area contributed by atoms with Crippen molar-refractivity contribution in [3.05, 3.63) is 29.8 Å². The molecule has 0 heterocycles. The maximum Gasteiger partial charge on any atom is 0.328 e. The quantitative estimate of drug-likeness (QED) is 0.829. The van der Waals surface area contributed by atoms with Crippen molar-refractivity contribution >= 4 is 11.5 Å². The average molecular weight is 262 g/mol. The van der Waals surface area contributed by atoms with E-state index in [-0.39, 0.29) is 0 Å². The van der Waals surface area contributed by atoms with Gasteiger partial charge >= 0.3 is 5.97 Å². The highest BCUT2D eigenvalue weighted by atomic mass is 16.5. The Labute approximate surface area is 112 Å². The van der Waals surface area contributed by atoms with Crippen LogP contribution in [0.25, 0.3) is 5.57 Å². The SMILES string of the molecule is COc1ccc(/C(=C/C(=O)O)C2CCC2)c(OC)c1. The Bertz CT molecular complexity index is 501. The van der Waals surface area contributed by atoms with Gasteiger partial charge in [0.1, 0.15) is 11.5 Å². The number of hydrogen-bond donors (Lipinski definition) is 1. The van der Waals surface area contributed by atoms with Crippen LogP contribution in [0.4, 0.5) is 0 Å². The molecule has 4 heteroatoms. The Morgan fingerprint density at radius 2 is 2.05 bits per heavy atom. The number of carbonyl (C=O) groups is 1. The normalized spacial score (nSPS) is 15.8. The van der Waals surface area contributed by atoms with Crippen molar-refractivity contribution in [3.8, 4) is 11.5 Å². The van der Waals surface area contributed by atoms with E-state index in [1.165, 1.54) is 6.08 Å². The zero-order valence-corrected chi connectivity index (χ0v) is 11.2. The van der Waals surface area contributed by atoms with Crippen LogP contribution in [-0.4, -0.2) is 25.3 Å². The average Bonchev–Trinajstić information content (AvgIpc) is 2.34. The molecule has 1 aromatic carbocycles. The molecule has 2 rings (SSSR count). The molecular formula is C15H18O4. The third kappa shape index (κ3) is 2.89. The van der Waals surface area contributed by atoms with Crippen LogP contribution in [0.5, 0.6) is 11.5 Å². The molecule has 1 fully saturated rings. The van der Waals surface area contributed by atoms with Crippen molar-refractivity contribution in [3.63, 3.8) is 0 Å². The molecule has 0 bridgehead atoms. The van der Waals surface area contributed by atoms with Crippen LogP contribution in [0.15, 0.2) is 24.3 Å².